The summed E-state index contributed by atoms with van der Waals surface area (Å²) in [6.07, 6.45) is 56.4. The third-order valence-electron chi connectivity index (χ3n) is 10.3. The summed E-state index contributed by atoms with van der Waals surface area (Å²) >= 11 is 0. The predicted molar refractivity (Wildman–Crippen MR) is 247 cm³/mol. The number of rotatable bonds is 43. The van der Waals surface area contributed by atoms with Crippen molar-refractivity contribution in [2.75, 3.05) is 13.2 Å². The molecule has 0 bridgehead atoms. The summed E-state index contributed by atoms with van der Waals surface area (Å²) in [5, 5.41) is 0. The van der Waals surface area contributed by atoms with E-state index < -0.39 is 6.10 Å². The van der Waals surface area contributed by atoms with Gasteiger partial charge < -0.3 is 14.2 Å². The average Bonchev–Trinajstić information content (AvgIpc) is 3.22. The number of carbonyl (C=O) groups is 3. The molecule has 1 unspecified atom stereocenters. The van der Waals surface area contributed by atoms with Gasteiger partial charge in [0.2, 0.25) is 0 Å². The highest BCUT2D eigenvalue weighted by Gasteiger charge is 2.19. The van der Waals surface area contributed by atoms with E-state index in [-0.39, 0.29) is 37.5 Å². The minimum Gasteiger partial charge on any atom is -0.462 e. The van der Waals surface area contributed by atoms with Gasteiger partial charge in [0, 0.05) is 19.3 Å². The SMILES string of the molecule is CC/C=C\C/C=C\C/C=C\C/C=C\CCCCC(=O)OC(COC(=O)CCCCCCCCCC)COC(=O)CCCCCCCCC/C=C\CCCCCCCC. The van der Waals surface area contributed by atoms with Crippen LogP contribution in [0.4, 0.5) is 0 Å². The molecule has 0 rings (SSSR count). The van der Waals surface area contributed by atoms with Gasteiger partial charge in [0.15, 0.2) is 6.10 Å². The Kier molecular flexibility index (Phi) is 44.5. The first-order chi connectivity index (χ1) is 28.5. The van der Waals surface area contributed by atoms with E-state index >= 15 is 0 Å². The number of carbonyl (C=O) groups excluding carboxylic acids is 3. The van der Waals surface area contributed by atoms with Crippen molar-refractivity contribution in [1.82, 2.24) is 0 Å². The minimum atomic E-state index is -0.793. The van der Waals surface area contributed by atoms with Crippen molar-refractivity contribution in [1.29, 1.82) is 0 Å². The lowest BCUT2D eigenvalue weighted by Crippen LogP contribution is -2.30. The van der Waals surface area contributed by atoms with Crippen molar-refractivity contribution in [2.24, 2.45) is 0 Å². The van der Waals surface area contributed by atoms with Crippen LogP contribution < -0.4 is 0 Å². The molecule has 0 N–H and O–H groups in total. The molecule has 0 saturated heterocycles. The molecular formula is C52H90O6. The first kappa shape index (κ1) is 55.1. The molecule has 58 heavy (non-hydrogen) atoms. The Labute approximate surface area is 358 Å². The van der Waals surface area contributed by atoms with Crippen molar-refractivity contribution in [2.45, 2.75) is 239 Å². The molecule has 6 nitrogen and oxygen atoms in total. The lowest BCUT2D eigenvalue weighted by molar-refractivity contribution is -0.167. The molecule has 6 heteroatoms. The Morgan fingerprint density at radius 3 is 1.10 bits per heavy atom. The minimum absolute atomic E-state index is 0.0915. The van der Waals surface area contributed by atoms with Gasteiger partial charge in [-0.25, -0.2) is 0 Å². The molecule has 0 aromatic carbocycles. The Bertz CT molecular complexity index is 1070. The molecule has 0 spiro atoms. The van der Waals surface area contributed by atoms with Crippen LogP contribution >= 0.6 is 0 Å². The van der Waals surface area contributed by atoms with Crippen LogP contribution in [0.15, 0.2) is 60.8 Å². The topological polar surface area (TPSA) is 78.9 Å². The number of hydrogen-bond donors (Lipinski definition) is 0. The summed E-state index contributed by atoms with van der Waals surface area (Å²) in [6.45, 7) is 6.45. The summed E-state index contributed by atoms with van der Waals surface area (Å²) in [5.74, 6) is -0.942. The molecule has 0 radical (unpaired) electrons. The van der Waals surface area contributed by atoms with Gasteiger partial charge in [0.05, 0.1) is 0 Å². The van der Waals surface area contributed by atoms with Crippen LogP contribution in [0.3, 0.4) is 0 Å². The first-order valence-corrected chi connectivity index (χ1v) is 24.3. The Hall–Kier alpha value is -2.89. The van der Waals surface area contributed by atoms with E-state index in [0.717, 1.165) is 77.0 Å². The zero-order chi connectivity index (χ0) is 42.3. The quantitative estimate of drug-likeness (QED) is 0.0264. The van der Waals surface area contributed by atoms with Crippen LogP contribution in [0.25, 0.3) is 0 Å². The standard InChI is InChI=1S/C52H90O6/c1-4-7-10-13-16-19-21-23-25-26-28-29-31-33-36-39-42-45-51(54)57-48-49(47-56-50(53)44-41-38-35-18-15-12-9-6-3)58-52(55)46-43-40-37-34-32-30-27-24-22-20-17-14-11-8-5-2/h8,11,17,20,23-25,27,32,34,49H,4-7,9-10,12-16,18-19,21-22,26,28-31,33,35-48H2,1-3H3/b11-8-,20-17-,25-23-,27-24-,34-32-. The fourth-order valence-corrected chi connectivity index (χ4v) is 6.60. The molecular weight excluding hydrogens is 721 g/mol. The van der Waals surface area contributed by atoms with E-state index in [4.69, 9.17) is 14.2 Å². The number of ether oxygens (including phenoxy) is 3. The third-order valence-corrected chi connectivity index (χ3v) is 10.3. The molecule has 0 heterocycles. The fraction of sp³-hybridized carbons (Fsp3) is 0.750. The molecule has 334 valence electrons. The second-order valence-electron chi connectivity index (χ2n) is 16.0. The average molecular weight is 811 g/mol. The molecule has 0 aromatic heterocycles. The van der Waals surface area contributed by atoms with Crippen molar-refractivity contribution in [3.63, 3.8) is 0 Å². The molecule has 0 aliphatic carbocycles. The van der Waals surface area contributed by atoms with Gasteiger partial charge in [-0.1, -0.05) is 191 Å². The van der Waals surface area contributed by atoms with E-state index in [0.29, 0.717) is 19.3 Å². The van der Waals surface area contributed by atoms with Crippen LogP contribution in [0.1, 0.15) is 233 Å². The van der Waals surface area contributed by atoms with Gasteiger partial charge >= 0.3 is 17.9 Å². The van der Waals surface area contributed by atoms with Crippen LogP contribution in [-0.4, -0.2) is 37.2 Å². The zero-order valence-electron chi connectivity index (χ0n) is 38.0. The van der Waals surface area contributed by atoms with Crippen LogP contribution in [0.2, 0.25) is 0 Å². The summed E-state index contributed by atoms with van der Waals surface area (Å²) in [4.78, 5) is 37.7. The van der Waals surface area contributed by atoms with Crippen LogP contribution in [0.5, 0.6) is 0 Å². The normalized spacial score (nSPS) is 12.5. The van der Waals surface area contributed by atoms with Crippen molar-refractivity contribution >= 4 is 17.9 Å². The highest BCUT2D eigenvalue weighted by Crippen LogP contribution is 2.14. The number of allylic oxidation sites excluding steroid dienone is 10. The number of unbranched alkanes of at least 4 members (excludes halogenated alkanes) is 22. The zero-order valence-corrected chi connectivity index (χ0v) is 38.0. The van der Waals surface area contributed by atoms with E-state index in [1.807, 2.05) is 0 Å². The molecule has 0 saturated carbocycles. The van der Waals surface area contributed by atoms with Crippen LogP contribution in [-0.2, 0) is 28.6 Å². The highest BCUT2D eigenvalue weighted by molar-refractivity contribution is 5.71. The monoisotopic (exact) mass is 811 g/mol. The Morgan fingerprint density at radius 2 is 0.672 bits per heavy atom. The van der Waals surface area contributed by atoms with E-state index in [1.54, 1.807) is 0 Å². The van der Waals surface area contributed by atoms with Gasteiger partial charge in [0.1, 0.15) is 13.2 Å². The summed E-state index contributed by atoms with van der Waals surface area (Å²) < 4.78 is 16.7. The second-order valence-corrected chi connectivity index (χ2v) is 16.0. The maximum absolute atomic E-state index is 12.7. The van der Waals surface area contributed by atoms with Gasteiger partial charge in [-0.3, -0.25) is 14.4 Å². The second kappa shape index (κ2) is 46.8. The fourth-order valence-electron chi connectivity index (χ4n) is 6.60. The van der Waals surface area contributed by atoms with Crippen molar-refractivity contribution in [3.8, 4) is 0 Å². The summed E-state index contributed by atoms with van der Waals surface area (Å²) in [5.41, 5.74) is 0. The smallest absolute Gasteiger partial charge is 0.306 e. The van der Waals surface area contributed by atoms with E-state index in [1.165, 1.54) is 109 Å². The molecule has 0 aromatic rings. The maximum atomic E-state index is 12.7. The van der Waals surface area contributed by atoms with E-state index in [2.05, 4.69) is 81.5 Å². The number of hydrogen-bond acceptors (Lipinski definition) is 6. The molecule has 0 amide bonds. The first-order valence-electron chi connectivity index (χ1n) is 24.3. The van der Waals surface area contributed by atoms with Gasteiger partial charge in [-0.05, 0) is 83.5 Å². The maximum Gasteiger partial charge on any atom is 0.306 e. The molecule has 1 atom stereocenters. The van der Waals surface area contributed by atoms with Crippen molar-refractivity contribution in [3.05, 3.63) is 60.8 Å². The molecule has 0 aliphatic rings. The van der Waals surface area contributed by atoms with Crippen molar-refractivity contribution < 1.29 is 28.6 Å². The Morgan fingerprint density at radius 1 is 0.362 bits per heavy atom. The summed E-state index contributed by atoms with van der Waals surface area (Å²) in [7, 11) is 0. The van der Waals surface area contributed by atoms with E-state index in [9.17, 15) is 14.4 Å². The lowest BCUT2D eigenvalue weighted by atomic mass is 10.1. The Balaban J connectivity index is 4.37. The highest BCUT2D eigenvalue weighted by atomic mass is 16.6. The third kappa shape index (κ3) is 44.2. The predicted octanol–water partition coefficient (Wildman–Crippen LogP) is 15.7. The number of esters is 3. The van der Waals surface area contributed by atoms with Gasteiger partial charge in [0.25, 0.3) is 0 Å². The largest absolute Gasteiger partial charge is 0.462 e. The lowest BCUT2D eigenvalue weighted by Gasteiger charge is -2.18. The van der Waals surface area contributed by atoms with Gasteiger partial charge in [-0.15, -0.1) is 0 Å². The van der Waals surface area contributed by atoms with Gasteiger partial charge in [-0.2, -0.15) is 0 Å². The molecule has 0 aliphatic heterocycles. The summed E-state index contributed by atoms with van der Waals surface area (Å²) in [6, 6.07) is 0. The molecule has 0 fully saturated rings. The van der Waals surface area contributed by atoms with Crippen LogP contribution in [0, 0.1) is 0 Å².